The van der Waals surface area contributed by atoms with Gasteiger partial charge in [-0.1, -0.05) is 35.0 Å². The Bertz CT molecular complexity index is 613. The van der Waals surface area contributed by atoms with Crippen LogP contribution < -0.4 is 0 Å². The van der Waals surface area contributed by atoms with Gasteiger partial charge in [0.25, 0.3) is 5.82 Å². The summed E-state index contributed by atoms with van der Waals surface area (Å²) < 4.78 is 38.8. The summed E-state index contributed by atoms with van der Waals surface area (Å²) in [5.41, 5.74) is 0.363. The van der Waals surface area contributed by atoms with E-state index in [-0.39, 0.29) is 10.2 Å². The lowest BCUT2D eigenvalue weighted by atomic mass is 10.3. The zero-order valence-corrected chi connectivity index (χ0v) is 11.7. The molecule has 0 bridgehead atoms. The average Bonchev–Trinajstić information content (AvgIpc) is 2.76. The van der Waals surface area contributed by atoms with E-state index in [1.807, 2.05) is 0 Å². The molecule has 1 aromatic carbocycles. The van der Waals surface area contributed by atoms with Crippen molar-refractivity contribution in [3.63, 3.8) is 0 Å². The smallest absolute Gasteiger partial charge is 0.207 e. The maximum absolute atomic E-state index is 12.6. The highest BCUT2D eigenvalue weighted by molar-refractivity contribution is 7.98. The number of benzene rings is 1. The van der Waals surface area contributed by atoms with Gasteiger partial charge in [0.1, 0.15) is 0 Å². The van der Waals surface area contributed by atoms with Gasteiger partial charge in [-0.2, -0.15) is 18.2 Å². The largest absolute Gasteiger partial charge is 0.453 e. The highest BCUT2D eigenvalue weighted by Gasteiger charge is 2.37. The summed E-state index contributed by atoms with van der Waals surface area (Å²) in [6, 6.07) is 4.43. The lowest BCUT2D eigenvalue weighted by Gasteiger charge is -2.05. The predicted molar refractivity (Wildman–Crippen MR) is 68.2 cm³/mol. The zero-order valence-electron chi connectivity index (χ0n) is 9.37. The number of thioether (sulfide) groups is 1. The van der Waals surface area contributed by atoms with E-state index in [0.29, 0.717) is 10.7 Å². The van der Waals surface area contributed by atoms with E-state index in [2.05, 4.69) is 10.1 Å². The van der Waals surface area contributed by atoms with Crippen molar-refractivity contribution in [2.24, 2.45) is 0 Å². The number of alkyl halides is 3. The molecule has 0 amide bonds. The van der Waals surface area contributed by atoms with Crippen LogP contribution in [0, 0.1) is 0 Å². The van der Waals surface area contributed by atoms with Gasteiger partial charge >= 0.3 is 6.18 Å². The predicted octanol–water partition coefficient (Wildman–Crippen LogP) is 4.31. The molecule has 3 nitrogen and oxygen atoms in total. The number of rotatable bonds is 2. The van der Waals surface area contributed by atoms with Crippen molar-refractivity contribution in [3.05, 3.63) is 34.1 Å². The SMILES string of the molecule is CSc1nc(C(F)(F)F)nn1-c1ccc(Cl)c(Cl)c1. The monoisotopic (exact) mass is 327 g/mol. The molecule has 9 heteroatoms. The minimum atomic E-state index is -4.59. The molecule has 0 fully saturated rings. The van der Waals surface area contributed by atoms with Gasteiger partial charge in [-0.15, -0.1) is 5.10 Å². The fourth-order valence-electron chi connectivity index (χ4n) is 1.33. The summed E-state index contributed by atoms with van der Waals surface area (Å²) in [6.07, 6.45) is -2.98. The molecule has 0 spiro atoms. The van der Waals surface area contributed by atoms with E-state index in [4.69, 9.17) is 23.2 Å². The summed E-state index contributed by atoms with van der Waals surface area (Å²) in [4.78, 5) is 3.44. The number of halogens is 5. The molecule has 0 aliphatic carbocycles. The molecule has 2 rings (SSSR count). The second kappa shape index (κ2) is 5.22. The van der Waals surface area contributed by atoms with Crippen molar-refractivity contribution in [1.82, 2.24) is 14.8 Å². The molecule has 0 aliphatic rings. The summed E-state index contributed by atoms with van der Waals surface area (Å²) >= 11 is 12.6. The Balaban J connectivity index is 2.54. The number of nitrogens with zero attached hydrogens (tertiary/aromatic N) is 3. The van der Waals surface area contributed by atoms with Crippen molar-refractivity contribution in [2.45, 2.75) is 11.3 Å². The first-order valence-corrected chi connectivity index (χ1v) is 6.84. The van der Waals surface area contributed by atoms with Crippen LogP contribution in [0.15, 0.2) is 23.4 Å². The highest BCUT2D eigenvalue weighted by Crippen LogP contribution is 2.30. The quantitative estimate of drug-likeness (QED) is 0.770. The second-order valence-corrected chi connectivity index (χ2v) is 5.02. The summed E-state index contributed by atoms with van der Waals surface area (Å²) in [7, 11) is 0. The third kappa shape index (κ3) is 2.98. The van der Waals surface area contributed by atoms with Gasteiger partial charge in [-0.3, -0.25) is 0 Å². The van der Waals surface area contributed by atoms with Gasteiger partial charge in [0.05, 0.1) is 15.7 Å². The Morgan fingerprint density at radius 2 is 1.89 bits per heavy atom. The average molecular weight is 328 g/mol. The van der Waals surface area contributed by atoms with Gasteiger partial charge in [0.2, 0.25) is 0 Å². The third-order valence-corrected chi connectivity index (χ3v) is 3.53. The molecule has 0 saturated carbocycles. The molecule has 0 saturated heterocycles. The molecule has 1 heterocycles. The van der Waals surface area contributed by atoms with Gasteiger partial charge in [-0.05, 0) is 24.5 Å². The van der Waals surface area contributed by atoms with Gasteiger partial charge in [0.15, 0.2) is 5.16 Å². The van der Waals surface area contributed by atoms with Crippen LogP contribution >= 0.6 is 35.0 Å². The normalized spacial score (nSPS) is 11.9. The number of hydrogen-bond donors (Lipinski definition) is 0. The van der Waals surface area contributed by atoms with E-state index < -0.39 is 12.0 Å². The van der Waals surface area contributed by atoms with E-state index in [9.17, 15) is 13.2 Å². The maximum Gasteiger partial charge on any atom is 0.453 e. The Hall–Kier alpha value is -0.920. The molecular formula is C10H6Cl2F3N3S. The first kappa shape index (κ1) is 14.5. The second-order valence-electron chi connectivity index (χ2n) is 3.43. The molecule has 0 atom stereocenters. The van der Waals surface area contributed by atoms with E-state index >= 15 is 0 Å². The van der Waals surface area contributed by atoms with Crippen molar-refractivity contribution in [2.75, 3.05) is 6.26 Å². The van der Waals surface area contributed by atoms with Crippen LogP contribution in [0.1, 0.15) is 5.82 Å². The van der Waals surface area contributed by atoms with E-state index in [1.54, 1.807) is 6.26 Å². The molecule has 0 N–H and O–H groups in total. The lowest BCUT2D eigenvalue weighted by Crippen LogP contribution is -2.08. The van der Waals surface area contributed by atoms with Crippen LogP contribution in [-0.4, -0.2) is 21.0 Å². The van der Waals surface area contributed by atoms with Crippen LogP contribution in [0.5, 0.6) is 0 Å². The minimum Gasteiger partial charge on any atom is -0.207 e. The first-order valence-electron chi connectivity index (χ1n) is 4.86. The maximum atomic E-state index is 12.6. The molecule has 0 unspecified atom stereocenters. The molecular weight excluding hydrogens is 322 g/mol. The van der Waals surface area contributed by atoms with Crippen molar-refractivity contribution in [3.8, 4) is 5.69 Å². The van der Waals surface area contributed by atoms with Gasteiger partial charge < -0.3 is 0 Å². The van der Waals surface area contributed by atoms with Crippen LogP contribution in [-0.2, 0) is 6.18 Å². The van der Waals surface area contributed by atoms with Crippen LogP contribution in [0.2, 0.25) is 10.0 Å². The Labute approximate surface area is 120 Å². The standard InChI is InChI=1S/C10H6Cl2F3N3S/c1-19-9-16-8(10(13,14)15)17-18(9)5-2-3-6(11)7(12)4-5/h2-4H,1H3. The number of hydrogen-bond acceptors (Lipinski definition) is 3. The topological polar surface area (TPSA) is 30.7 Å². The van der Waals surface area contributed by atoms with Crippen LogP contribution in [0.4, 0.5) is 13.2 Å². The van der Waals surface area contributed by atoms with Crippen molar-refractivity contribution in [1.29, 1.82) is 0 Å². The summed E-state index contributed by atoms with van der Waals surface area (Å²) in [5, 5.41) is 4.11. The van der Waals surface area contributed by atoms with Crippen molar-refractivity contribution >= 4 is 35.0 Å². The molecule has 19 heavy (non-hydrogen) atoms. The van der Waals surface area contributed by atoms with Crippen LogP contribution in [0.3, 0.4) is 0 Å². The van der Waals surface area contributed by atoms with Crippen molar-refractivity contribution < 1.29 is 13.2 Å². The van der Waals surface area contributed by atoms with E-state index in [0.717, 1.165) is 16.4 Å². The minimum absolute atomic E-state index is 0.116. The number of aromatic nitrogens is 3. The fourth-order valence-corrected chi connectivity index (χ4v) is 2.12. The van der Waals surface area contributed by atoms with Crippen LogP contribution in [0.25, 0.3) is 5.69 Å². The summed E-state index contributed by atoms with van der Waals surface area (Å²) in [6.45, 7) is 0. The first-order chi connectivity index (χ1) is 8.82. The molecule has 0 aliphatic heterocycles. The molecule has 102 valence electrons. The van der Waals surface area contributed by atoms with E-state index in [1.165, 1.54) is 18.2 Å². The zero-order chi connectivity index (χ0) is 14.2. The lowest BCUT2D eigenvalue weighted by molar-refractivity contribution is -0.145. The Morgan fingerprint density at radius 1 is 1.21 bits per heavy atom. The Kier molecular flexibility index (Phi) is 3.98. The molecule has 1 aromatic heterocycles. The Morgan fingerprint density at radius 3 is 2.42 bits per heavy atom. The molecule has 0 radical (unpaired) electrons. The highest BCUT2D eigenvalue weighted by atomic mass is 35.5. The fraction of sp³-hybridized carbons (Fsp3) is 0.200. The third-order valence-electron chi connectivity index (χ3n) is 2.16. The molecule has 2 aromatic rings. The van der Waals surface area contributed by atoms with Gasteiger partial charge in [0, 0.05) is 0 Å². The van der Waals surface area contributed by atoms with Gasteiger partial charge in [-0.25, -0.2) is 4.68 Å². The summed E-state index contributed by atoms with van der Waals surface area (Å²) in [5.74, 6) is -1.19.